The van der Waals surface area contributed by atoms with Gasteiger partial charge in [0.25, 0.3) is 0 Å². The van der Waals surface area contributed by atoms with E-state index in [1.165, 1.54) is 0 Å². The van der Waals surface area contributed by atoms with Crippen molar-refractivity contribution < 1.29 is 9.13 Å². The van der Waals surface area contributed by atoms with E-state index >= 15 is 0 Å². The molecule has 0 saturated carbocycles. The van der Waals surface area contributed by atoms with Crippen molar-refractivity contribution in [3.05, 3.63) is 29.8 Å². The number of rotatable bonds is 2. The van der Waals surface area contributed by atoms with Crippen LogP contribution in [0.5, 0.6) is 5.75 Å². The number of benzene rings is 1. The minimum Gasteiger partial charge on any atom is -0.488 e. The molecule has 0 N–H and O–H groups in total. The van der Waals surface area contributed by atoms with Crippen LogP contribution in [0.3, 0.4) is 0 Å². The van der Waals surface area contributed by atoms with Crippen LogP contribution in [0.25, 0.3) is 0 Å². The highest BCUT2D eigenvalue weighted by atomic mass is 19.1. The van der Waals surface area contributed by atoms with Gasteiger partial charge in [-0.3, -0.25) is 0 Å². The van der Waals surface area contributed by atoms with Crippen LogP contribution in [-0.2, 0) is 6.67 Å². The lowest BCUT2D eigenvalue weighted by Crippen LogP contribution is -2.23. The number of hydrogen-bond donors (Lipinski definition) is 0. The fraction of sp³-hybridized carbons (Fsp3) is 0.455. The molecule has 0 unspecified atom stereocenters. The third kappa shape index (κ3) is 3.05. The Balaban J connectivity index is 2.87. The molecule has 2 heteroatoms. The summed E-state index contributed by atoms with van der Waals surface area (Å²) < 4.78 is 18.1. The zero-order chi connectivity index (χ0) is 9.90. The smallest absolute Gasteiger partial charge is 0.125 e. The maximum absolute atomic E-state index is 12.5. The van der Waals surface area contributed by atoms with E-state index in [0.717, 1.165) is 0 Å². The standard InChI is InChI=1S/C11H15FO/c1-11(2,3)13-10-7-5-4-6-9(10)8-12/h4-7H,8H2,1-3H3. The molecule has 0 atom stereocenters. The summed E-state index contributed by atoms with van der Waals surface area (Å²) >= 11 is 0. The summed E-state index contributed by atoms with van der Waals surface area (Å²) in [6.07, 6.45) is 0. The van der Waals surface area contributed by atoms with Crippen molar-refractivity contribution in [1.29, 1.82) is 0 Å². The van der Waals surface area contributed by atoms with Crippen LogP contribution in [0.2, 0.25) is 0 Å². The Hall–Kier alpha value is -1.05. The third-order valence-electron chi connectivity index (χ3n) is 1.53. The second kappa shape index (κ2) is 3.77. The van der Waals surface area contributed by atoms with Gasteiger partial charge in [0.05, 0.1) is 0 Å². The van der Waals surface area contributed by atoms with Crippen molar-refractivity contribution >= 4 is 0 Å². The average molecular weight is 182 g/mol. The van der Waals surface area contributed by atoms with Crippen LogP contribution in [-0.4, -0.2) is 5.60 Å². The molecule has 0 amide bonds. The normalized spacial score (nSPS) is 11.4. The van der Waals surface area contributed by atoms with Gasteiger partial charge in [-0.2, -0.15) is 0 Å². The highest BCUT2D eigenvalue weighted by molar-refractivity contribution is 5.33. The molecule has 72 valence electrons. The van der Waals surface area contributed by atoms with E-state index in [9.17, 15) is 4.39 Å². The first kappa shape index (κ1) is 10.0. The summed E-state index contributed by atoms with van der Waals surface area (Å²) in [5, 5.41) is 0. The molecule has 0 spiro atoms. The average Bonchev–Trinajstić information content (AvgIpc) is 2.02. The molecule has 1 rings (SSSR count). The summed E-state index contributed by atoms with van der Waals surface area (Å²) in [7, 11) is 0. The van der Waals surface area contributed by atoms with Crippen molar-refractivity contribution in [2.75, 3.05) is 0 Å². The molecular weight excluding hydrogens is 167 g/mol. The molecule has 0 saturated heterocycles. The van der Waals surface area contributed by atoms with Gasteiger partial charge < -0.3 is 4.74 Å². The molecule has 1 aromatic carbocycles. The second-order valence-corrected chi connectivity index (χ2v) is 3.96. The van der Waals surface area contributed by atoms with Gasteiger partial charge in [0, 0.05) is 5.56 Å². The van der Waals surface area contributed by atoms with E-state index in [0.29, 0.717) is 11.3 Å². The number of alkyl halides is 1. The minimum absolute atomic E-state index is 0.273. The van der Waals surface area contributed by atoms with E-state index in [1.807, 2.05) is 32.9 Å². The van der Waals surface area contributed by atoms with Crippen molar-refractivity contribution in [3.63, 3.8) is 0 Å². The Labute approximate surface area is 78.5 Å². The molecule has 0 aliphatic carbocycles. The largest absolute Gasteiger partial charge is 0.488 e. The van der Waals surface area contributed by atoms with Gasteiger partial charge in [-0.1, -0.05) is 18.2 Å². The van der Waals surface area contributed by atoms with Crippen molar-refractivity contribution in [2.45, 2.75) is 33.0 Å². The molecule has 1 nitrogen and oxygen atoms in total. The molecule has 0 heterocycles. The van der Waals surface area contributed by atoms with Crippen molar-refractivity contribution in [3.8, 4) is 5.75 Å². The van der Waals surface area contributed by atoms with Crippen LogP contribution in [0, 0.1) is 0 Å². The van der Waals surface area contributed by atoms with Crippen LogP contribution in [0.15, 0.2) is 24.3 Å². The van der Waals surface area contributed by atoms with Crippen LogP contribution >= 0.6 is 0 Å². The number of para-hydroxylation sites is 1. The quantitative estimate of drug-likeness (QED) is 0.681. The summed E-state index contributed by atoms with van der Waals surface area (Å²) in [6, 6.07) is 7.19. The monoisotopic (exact) mass is 182 g/mol. The van der Waals surface area contributed by atoms with Gasteiger partial charge in [-0.05, 0) is 26.8 Å². The highest BCUT2D eigenvalue weighted by Crippen LogP contribution is 2.23. The molecule has 0 aromatic heterocycles. The minimum atomic E-state index is -0.480. The molecule has 0 bridgehead atoms. The molecule has 1 aromatic rings. The predicted molar refractivity (Wildman–Crippen MR) is 51.6 cm³/mol. The van der Waals surface area contributed by atoms with Crippen LogP contribution in [0.4, 0.5) is 4.39 Å². The Kier molecular flexibility index (Phi) is 2.91. The van der Waals surface area contributed by atoms with Gasteiger partial charge in [0.15, 0.2) is 0 Å². The van der Waals surface area contributed by atoms with E-state index in [1.54, 1.807) is 12.1 Å². The maximum atomic E-state index is 12.5. The van der Waals surface area contributed by atoms with Gasteiger partial charge in [-0.25, -0.2) is 4.39 Å². The molecule has 0 aliphatic heterocycles. The maximum Gasteiger partial charge on any atom is 0.125 e. The van der Waals surface area contributed by atoms with Crippen molar-refractivity contribution in [2.24, 2.45) is 0 Å². The van der Waals surface area contributed by atoms with Gasteiger partial charge >= 0.3 is 0 Å². The fourth-order valence-corrected chi connectivity index (χ4v) is 1.04. The number of ether oxygens (including phenoxy) is 1. The number of halogens is 1. The van der Waals surface area contributed by atoms with E-state index in [4.69, 9.17) is 4.74 Å². The van der Waals surface area contributed by atoms with Gasteiger partial charge in [0.2, 0.25) is 0 Å². The molecule has 0 radical (unpaired) electrons. The van der Waals surface area contributed by atoms with Gasteiger partial charge in [-0.15, -0.1) is 0 Å². The topological polar surface area (TPSA) is 9.23 Å². The van der Waals surface area contributed by atoms with E-state index in [-0.39, 0.29) is 5.60 Å². The summed E-state index contributed by atoms with van der Waals surface area (Å²) in [5.74, 6) is 0.637. The third-order valence-corrected chi connectivity index (χ3v) is 1.53. The zero-order valence-electron chi connectivity index (χ0n) is 8.30. The van der Waals surface area contributed by atoms with Crippen LogP contribution < -0.4 is 4.74 Å². The van der Waals surface area contributed by atoms with E-state index < -0.39 is 6.67 Å². The molecule has 0 fully saturated rings. The number of hydrogen-bond acceptors (Lipinski definition) is 1. The second-order valence-electron chi connectivity index (χ2n) is 3.96. The predicted octanol–water partition coefficient (Wildman–Crippen LogP) is 3.33. The lowest BCUT2D eigenvalue weighted by atomic mass is 10.1. The van der Waals surface area contributed by atoms with E-state index in [2.05, 4.69) is 0 Å². The summed E-state index contributed by atoms with van der Waals surface area (Å²) in [4.78, 5) is 0. The Morgan fingerprint density at radius 2 is 1.85 bits per heavy atom. The highest BCUT2D eigenvalue weighted by Gasteiger charge is 2.13. The van der Waals surface area contributed by atoms with Gasteiger partial charge in [0.1, 0.15) is 18.0 Å². The summed E-state index contributed by atoms with van der Waals surface area (Å²) in [6.45, 7) is 5.36. The molecule has 13 heavy (non-hydrogen) atoms. The lowest BCUT2D eigenvalue weighted by Gasteiger charge is -2.22. The first-order valence-electron chi connectivity index (χ1n) is 4.36. The lowest BCUT2D eigenvalue weighted by molar-refractivity contribution is 0.128. The first-order chi connectivity index (χ1) is 6.03. The van der Waals surface area contributed by atoms with Crippen molar-refractivity contribution in [1.82, 2.24) is 0 Å². The Bertz CT molecular complexity index is 276. The van der Waals surface area contributed by atoms with Crippen LogP contribution in [0.1, 0.15) is 26.3 Å². The first-order valence-corrected chi connectivity index (χ1v) is 4.36. The Morgan fingerprint density at radius 3 is 2.38 bits per heavy atom. The molecular formula is C11H15FO. The zero-order valence-corrected chi connectivity index (χ0v) is 8.30. The fourth-order valence-electron chi connectivity index (χ4n) is 1.04. The SMILES string of the molecule is CC(C)(C)Oc1ccccc1CF. The summed E-state index contributed by atoms with van der Waals surface area (Å²) in [5.41, 5.74) is 0.336. The Morgan fingerprint density at radius 1 is 1.23 bits per heavy atom. The molecule has 0 aliphatic rings.